The molecule has 1 aromatic carbocycles. The highest BCUT2D eigenvalue weighted by atomic mass is 32.2. The van der Waals surface area contributed by atoms with Gasteiger partial charge in [0, 0.05) is 10.1 Å². The van der Waals surface area contributed by atoms with Crippen molar-refractivity contribution in [2.45, 2.75) is 61.7 Å². The average Bonchev–Trinajstić information content (AvgIpc) is 2.33. The van der Waals surface area contributed by atoms with E-state index in [1.807, 2.05) is 11.8 Å². The van der Waals surface area contributed by atoms with Gasteiger partial charge in [-0.2, -0.15) is 0 Å². The molecule has 1 fully saturated rings. The molecule has 0 heterocycles. The predicted octanol–water partition coefficient (Wildman–Crippen LogP) is 4.21. The van der Waals surface area contributed by atoms with Gasteiger partial charge in [0.1, 0.15) is 0 Å². The third kappa shape index (κ3) is 3.75. The Labute approximate surface area is 109 Å². The van der Waals surface area contributed by atoms with E-state index in [1.54, 1.807) is 0 Å². The molecule has 0 amide bonds. The summed E-state index contributed by atoms with van der Waals surface area (Å²) in [4.78, 5) is 1.37. The molecule has 1 aliphatic carbocycles. The van der Waals surface area contributed by atoms with Gasteiger partial charge < -0.3 is 5.11 Å². The first-order chi connectivity index (χ1) is 8.15. The van der Waals surface area contributed by atoms with E-state index >= 15 is 0 Å². The number of hydrogen-bond donors (Lipinski definition) is 1. The van der Waals surface area contributed by atoms with E-state index in [-0.39, 0.29) is 6.10 Å². The van der Waals surface area contributed by atoms with Gasteiger partial charge in [0.05, 0.1) is 6.10 Å². The summed E-state index contributed by atoms with van der Waals surface area (Å²) in [5.74, 6) is 0.610. The summed E-state index contributed by atoms with van der Waals surface area (Å²) in [5, 5.41) is 10.2. The van der Waals surface area contributed by atoms with Crippen LogP contribution in [0, 0.1) is 0 Å². The minimum atomic E-state index is -0.0461. The molecule has 0 unspecified atom stereocenters. The molecule has 1 N–H and O–H groups in total. The molecule has 0 aliphatic heterocycles. The van der Waals surface area contributed by atoms with Crippen molar-refractivity contribution in [1.82, 2.24) is 0 Å². The van der Waals surface area contributed by atoms with E-state index < -0.39 is 0 Å². The van der Waals surface area contributed by atoms with Crippen LogP contribution in [0.4, 0.5) is 0 Å². The lowest BCUT2D eigenvalue weighted by Crippen LogP contribution is -2.19. The van der Waals surface area contributed by atoms with Crippen molar-refractivity contribution in [3.8, 4) is 0 Å². The highest BCUT2D eigenvalue weighted by Crippen LogP contribution is 2.34. The molecule has 0 saturated heterocycles. The Kier molecular flexibility index (Phi) is 4.52. The maximum absolute atomic E-state index is 9.48. The fourth-order valence-electron chi connectivity index (χ4n) is 2.29. The first-order valence-electron chi connectivity index (χ1n) is 6.60. The summed E-state index contributed by atoms with van der Waals surface area (Å²) in [7, 11) is 0. The lowest BCUT2D eigenvalue weighted by atomic mass is 9.97. The van der Waals surface area contributed by atoms with Crippen LogP contribution in [0.1, 0.15) is 51.0 Å². The van der Waals surface area contributed by atoms with Crippen LogP contribution < -0.4 is 0 Å². The number of thioether (sulfide) groups is 1. The van der Waals surface area contributed by atoms with Crippen molar-refractivity contribution in [2.24, 2.45) is 0 Å². The molecule has 1 saturated carbocycles. The highest BCUT2D eigenvalue weighted by Gasteiger charge is 2.19. The van der Waals surface area contributed by atoms with E-state index in [2.05, 4.69) is 38.1 Å². The molecule has 0 spiro atoms. The van der Waals surface area contributed by atoms with E-state index in [1.165, 1.54) is 10.5 Å². The van der Waals surface area contributed by atoms with Gasteiger partial charge in [0.2, 0.25) is 0 Å². The molecule has 1 nitrogen and oxygen atoms in total. The lowest BCUT2D eigenvalue weighted by molar-refractivity contribution is 0.132. The average molecular weight is 250 g/mol. The number of hydrogen-bond acceptors (Lipinski definition) is 2. The number of rotatable bonds is 3. The maximum Gasteiger partial charge on any atom is 0.0541 e. The zero-order chi connectivity index (χ0) is 12.3. The first kappa shape index (κ1) is 13.0. The molecule has 17 heavy (non-hydrogen) atoms. The van der Waals surface area contributed by atoms with Crippen LogP contribution >= 0.6 is 11.8 Å². The summed E-state index contributed by atoms with van der Waals surface area (Å²) >= 11 is 1.98. The fraction of sp³-hybridized carbons (Fsp3) is 0.600. The maximum atomic E-state index is 9.48. The third-order valence-corrected chi connectivity index (χ3v) is 4.84. The summed E-state index contributed by atoms with van der Waals surface area (Å²) in [6.45, 7) is 4.45. The fourth-order valence-corrected chi connectivity index (χ4v) is 3.47. The molecule has 94 valence electrons. The van der Waals surface area contributed by atoms with Crippen molar-refractivity contribution < 1.29 is 5.11 Å². The molecule has 1 aliphatic rings. The van der Waals surface area contributed by atoms with Crippen LogP contribution in [0.5, 0.6) is 0 Å². The van der Waals surface area contributed by atoms with Gasteiger partial charge in [0.15, 0.2) is 0 Å². The second-order valence-electron chi connectivity index (χ2n) is 5.27. The standard InChI is InChI=1S/C15H22OS/c1-11(2)12-3-7-14(8-4-12)17-15-9-5-13(16)6-10-15/h3-4,7-8,11,13,15-16H,5-6,9-10H2,1-2H3. The van der Waals surface area contributed by atoms with Gasteiger partial charge in [-0.25, -0.2) is 0 Å². The van der Waals surface area contributed by atoms with Gasteiger partial charge in [-0.3, -0.25) is 0 Å². The van der Waals surface area contributed by atoms with Crippen LogP contribution in [0.3, 0.4) is 0 Å². The lowest BCUT2D eigenvalue weighted by Gasteiger charge is -2.24. The molecular formula is C15H22OS. The topological polar surface area (TPSA) is 20.2 Å². The van der Waals surface area contributed by atoms with Crippen molar-refractivity contribution >= 4 is 11.8 Å². The van der Waals surface area contributed by atoms with Gasteiger partial charge in [-0.15, -0.1) is 11.8 Å². The van der Waals surface area contributed by atoms with E-state index in [0.29, 0.717) is 11.2 Å². The summed E-state index contributed by atoms with van der Waals surface area (Å²) < 4.78 is 0. The minimum absolute atomic E-state index is 0.0461. The van der Waals surface area contributed by atoms with Crippen LogP contribution in [-0.2, 0) is 0 Å². The molecular weight excluding hydrogens is 228 g/mol. The quantitative estimate of drug-likeness (QED) is 0.867. The molecule has 2 heteroatoms. The Balaban J connectivity index is 1.90. The monoisotopic (exact) mass is 250 g/mol. The Morgan fingerprint density at radius 1 is 1.06 bits per heavy atom. The zero-order valence-corrected chi connectivity index (χ0v) is 11.5. The molecule has 1 aromatic rings. The SMILES string of the molecule is CC(C)c1ccc(SC2CCC(O)CC2)cc1. The highest BCUT2D eigenvalue weighted by molar-refractivity contribution is 8.00. The van der Waals surface area contributed by atoms with Crippen LogP contribution in [-0.4, -0.2) is 16.5 Å². The summed E-state index contributed by atoms with van der Waals surface area (Å²) in [6.07, 6.45) is 4.20. The van der Waals surface area contributed by atoms with E-state index in [4.69, 9.17) is 0 Å². The molecule has 0 radical (unpaired) electrons. The number of aliphatic hydroxyl groups excluding tert-OH is 1. The third-order valence-electron chi connectivity index (χ3n) is 3.49. The second kappa shape index (κ2) is 5.92. The predicted molar refractivity (Wildman–Crippen MR) is 74.7 cm³/mol. The van der Waals surface area contributed by atoms with Crippen molar-refractivity contribution in [1.29, 1.82) is 0 Å². The Morgan fingerprint density at radius 3 is 2.18 bits per heavy atom. The molecule has 0 aromatic heterocycles. The molecule has 0 atom stereocenters. The smallest absolute Gasteiger partial charge is 0.0541 e. The van der Waals surface area contributed by atoms with E-state index in [0.717, 1.165) is 25.7 Å². The van der Waals surface area contributed by atoms with Gasteiger partial charge in [0.25, 0.3) is 0 Å². The van der Waals surface area contributed by atoms with Crippen molar-refractivity contribution in [3.63, 3.8) is 0 Å². The Morgan fingerprint density at radius 2 is 1.65 bits per heavy atom. The van der Waals surface area contributed by atoms with Crippen LogP contribution in [0.25, 0.3) is 0 Å². The van der Waals surface area contributed by atoms with Gasteiger partial charge in [-0.05, 0) is 49.3 Å². The van der Waals surface area contributed by atoms with E-state index in [9.17, 15) is 5.11 Å². The number of benzene rings is 1. The van der Waals surface area contributed by atoms with Crippen molar-refractivity contribution in [2.75, 3.05) is 0 Å². The van der Waals surface area contributed by atoms with Crippen molar-refractivity contribution in [3.05, 3.63) is 29.8 Å². The van der Waals surface area contributed by atoms with Gasteiger partial charge in [-0.1, -0.05) is 26.0 Å². The largest absolute Gasteiger partial charge is 0.393 e. The summed E-state index contributed by atoms with van der Waals surface area (Å²) in [5.41, 5.74) is 1.41. The zero-order valence-electron chi connectivity index (χ0n) is 10.7. The molecule has 0 bridgehead atoms. The molecule has 2 rings (SSSR count). The van der Waals surface area contributed by atoms with Crippen LogP contribution in [0.2, 0.25) is 0 Å². The Hall–Kier alpha value is -0.470. The second-order valence-corrected chi connectivity index (χ2v) is 6.65. The minimum Gasteiger partial charge on any atom is -0.393 e. The normalized spacial score (nSPS) is 25.2. The summed E-state index contributed by atoms with van der Waals surface area (Å²) in [6, 6.07) is 8.96. The Bertz CT molecular complexity index is 336. The van der Waals surface area contributed by atoms with Crippen LogP contribution in [0.15, 0.2) is 29.2 Å². The first-order valence-corrected chi connectivity index (χ1v) is 7.48. The number of aliphatic hydroxyl groups is 1. The van der Waals surface area contributed by atoms with Gasteiger partial charge >= 0.3 is 0 Å².